The Labute approximate surface area is 368 Å². The lowest BCUT2D eigenvalue weighted by Gasteiger charge is -2.34. The fourth-order valence-electron chi connectivity index (χ4n) is 10.5. The van der Waals surface area contributed by atoms with E-state index in [2.05, 4.69) is 229 Å². The summed E-state index contributed by atoms with van der Waals surface area (Å²) in [5.41, 5.74) is 13.2. The van der Waals surface area contributed by atoms with Crippen LogP contribution in [0, 0.1) is 0 Å². The molecule has 0 atom stereocenters. The summed E-state index contributed by atoms with van der Waals surface area (Å²) in [4.78, 5) is 2.52. The van der Waals surface area contributed by atoms with Gasteiger partial charge in [-0.15, -0.1) is 22.7 Å². The highest BCUT2D eigenvalue weighted by Crippen LogP contribution is 2.57. The molecule has 0 bridgehead atoms. The largest absolute Gasteiger partial charge is 0.308 e. The molecule has 3 heteroatoms. The number of hydrogen-bond donors (Lipinski definition) is 0. The van der Waals surface area contributed by atoms with Gasteiger partial charge < -0.3 is 4.90 Å². The molecule has 290 valence electrons. The summed E-state index contributed by atoms with van der Waals surface area (Å²) in [6.07, 6.45) is 0. The first kappa shape index (κ1) is 35.5. The third-order valence-electron chi connectivity index (χ3n) is 13.2. The SMILES string of the molecule is c1ccc(C2(c3cccc(-c4ccc(N(c5ccc6sc7ccccc7c6c5)c5cccc6c5sc5ccccc56)c5ccccc45)c3)c3ccccc3-c3ccccc32)cc1. The highest BCUT2D eigenvalue weighted by atomic mass is 32.1. The Morgan fingerprint density at radius 1 is 0.323 bits per heavy atom. The van der Waals surface area contributed by atoms with E-state index >= 15 is 0 Å². The first-order valence-electron chi connectivity index (χ1n) is 21.2. The second kappa shape index (κ2) is 13.9. The lowest BCUT2D eigenvalue weighted by Crippen LogP contribution is -2.28. The quantitative estimate of drug-likeness (QED) is 0.161. The van der Waals surface area contributed by atoms with E-state index in [-0.39, 0.29) is 0 Å². The van der Waals surface area contributed by atoms with Crippen molar-refractivity contribution in [2.75, 3.05) is 4.90 Å². The van der Waals surface area contributed by atoms with Crippen LogP contribution in [-0.4, -0.2) is 0 Å². The van der Waals surface area contributed by atoms with E-state index in [1.807, 2.05) is 22.7 Å². The van der Waals surface area contributed by atoms with Crippen LogP contribution in [0.25, 0.3) is 73.4 Å². The van der Waals surface area contributed by atoms with Crippen LogP contribution in [0.2, 0.25) is 0 Å². The molecule has 0 fully saturated rings. The maximum atomic E-state index is 2.52. The molecule has 1 aliphatic rings. The number of benzene rings is 10. The Hall–Kier alpha value is -7.30. The van der Waals surface area contributed by atoms with Crippen molar-refractivity contribution in [1.82, 2.24) is 0 Å². The average molecular weight is 824 g/mol. The van der Waals surface area contributed by atoms with E-state index in [0.29, 0.717) is 0 Å². The van der Waals surface area contributed by atoms with Gasteiger partial charge in [0.1, 0.15) is 0 Å². The molecule has 0 unspecified atom stereocenters. The Morgan fingerprint density at radius 3 is 1.68 bits per heavy atom. The summed E-state index contributed by atoms with van der Waals surface area (Å²) in [5, 5.41) is 7.61. The molecular formula is C59H37NS2. The van der Waals surface area contributed by atoms with E-state index in [0.717, 1.165) is 11.4 Å². The van der Waals surface area contributed by atoms with Crippen molar-refractivity contribution in [3.8, 4) is 22.3 Å². The van der Waals surface area contributed by atoms with Gasteiger partial charge in [-0.3, -0.25) is 0 Å². The molecular weight excluding hydrogens is 787 g/mol. The van der Waals surface area contributed by atoms with Gasteiger partial charge in [0.25, 0.3) is 0 Å². The maximum Gasteiger partial charge on any atom is 0.0713 e. The number of hydrogen-bond acceptors (Lipinski definition) is 3. The van der Waals surface area contributed by atoms with Gasteiger partial charge in [0, 0.05) is 46.7 Å². The molecule has 62 heavy (non-hydrogen) atoms. The Kier molecular flexibility index (Phi) is 7.93. The van der Waals surface area contributed by atoms with Crippen LogP contribution in [0.4, 0.5) is 17.1 Å². The third kappa shape index (κ3) is 5.13. The molecule has 0 aliphatic heterocycles. The number of rotatable bonds is 6. The van der Waals surface area contributed by atoms with Gasteiger partial charge in [0.2, 0.25) is 0 Å². The normalized spacial score (nSPS) is 13.0. The molecule has 0 N–H and O–H groups in total. The van der Waals surface area contributed by atoms with E-state index < -0.39 is 5.41 Å². The lowest BCUT2D eigenvalue weighted by atomic mass is 9.67. The van der Waals surface area contributed by atoms with E-state index in [1.54, 1.807) is 0 Å². The maximum absolute atomic E-state index is 2.52. The van der Waals surface area contributed by atoms with Crippen molar-refractivity contribution < 1.29 is 0 Å². The van der Waals surface area contributed by atoms with Crippen LogP contribution in [0.15, 0.2) is 224 Å². The number of anilines is 3. The predicted molar refractivity (Wildman–Crippen MR) is 267 cm³/mol. The number of nitrogens with zero attached hydrogens (tertiary/aromatic N) is 1. The first-order valence-corrected chi connectivity index (χ1v) is 22.9. The van der Waals surface area contributed by atoms with Crippen molar-refractivity contribution in [2.24, 2.45) is 0 Å². The molecule has 0 radical (unpaired) electrons. The zero-order chi connectivity index (χ0) is 40.8. The minimum atomic E-state index is -0.468. The summed E-state index contributed by atoms with van der Waals surface area (Å²) >= 11 is 3.75. The molecule has 13 rings (SSSR count). The van der Waals surface area contributed by atoms with Gasteiger partial charge in [-0.25, -0.2) is 0 Å². The summed E-state index contributed by atoms with van der Waals surface area (Å²) in [6.45, 7) is 0. The molecule has 0 saturated heterocycles. The van der Waals surface area contributed by atoms with Gasteiger partial charge in [-0.1, -0.05) is 176 Å². The molecule has 0 amide bonds. The summed E-state index contributed by atoms with van der Waals surface area (Å²) in [6, 6.07) is 83.6. The lowest BCUT2D eigenvalue weighted by molar-refractivity contribution is 0.769. The van der Waals surface area contributed by atoms with Gasteiger partial charge >= 0.3 is 0 Å². The number of fused-ring (bicyclic) bond motifs is 10. The summed E-state index contributed by atoms with van der Waals surface area (Å²) in [5.74, 6) is 0. The van der Waals surface area contributed by atoms with Crippen LogP contribution in [0.5, 0.6) is 0 Å². The molecule has 0 saturated carbocycles. The van der Waals surface area contributed by atoms with Gasteiger partial charge in [-0.2, -0.15) is 0 Å². The second-order valence-corrected chi connectivity index (χ2v) is 18.5. The Morgan fingerprint density at radius 2 is 0.903 bits per heavy atom. The van der Waals surface area contributed by atoms with Crippen molar-refractivity contribution in [1.29, 1.82) is 0 Å². The van der Waals surface area contributed by atoms with E-state index in [4.69, 9.17) is 0 Å². The monoisotopic (exact) mass is 823 g/mol. The predicted octanol–water partition coefficient (Wildman–Crippen LogP) is 17.1. The first-order chi connectivity index (χ1) is 30.8. The van der Waals surface area contributed by atoms with Crippen LogP contribution in [-0.2, 0) is 5.41 Å². The van der Waals surface area contributed by atoms with Gasteiger partial charge in [0.15, 0.2) is 0 Å². The molecule has 2 aromatic heterocycles. The smallest absolute Gasteiger partial charge is 0.0713 e. The van der Waals surface area contributed by atoms with Crippen molar-refractivity contribution >= 4 is 90.9 Å². The minimum Gasteiger partial charge on any atom is -0.308 e. The molecule has 0 spiro atoms. The van der Waals surface area contributed by atoms with Crippen molar-refractivity contribution in [2.45, 2.75) is 5.41 Å². The molecule has 12 aromatic rings. The molecule has 2 heterocycles. The Balaban J connectivity index is 1.04. The van der Waals surface area contributed by atoms with Crippen molar-refractivity contribution in [3.05, 3.63) is 247 Å². The van der Waals surface area contributed by atoms with Crippen molar-refractivity contribution in [3.63, 3.8) is 0 Å². The van der Waals surface area contributed by atoms with Crippen LogP contribution in [0.1, 0.15) is 22.3 Å². The minimum absolute atomic E-state index is 0.468. The average Bonchev–Trinajstić information content (AvgIpc) is 4.01. The topological polar surface area (TPSA) is 3.24 Å². The standard InChI is InChI=1S/C59H37NS2/c1-2-17-39(18-3-1)59(51-27-10-6-21-44(51)45-22-7-11-28-52(45)59)40-19-14-16-38(36-40)42-33-34-53(46-23-5-4-20-43(42)46)60(41-32-35-57-50(37-41)48-25-9-12-30-55(48)61-57)54-29-15-26-49-47-24-8-13-31-56(47)62-58(49)54/h1-37H. The van der Waals surface area contributed by atoms with Crippen LogP contribution < -0.4 is 4.90 Å². The summed E-state index contributed by atoms with van der Waals surface area (Å²) < 4.78 is 5.20. The zero-order valence-corrected chi connectivity index (χ0v) is 35.3. The van der Waals surface area contributed by atoms with Crippen LogP contribution in [0.3, 0.4) is 0 Å². The van der Waals surface area contributed by atoms with Gasteiger partial charge in [0.05, 0.1) is 21.5 Å². The van der Waals surface area contributed by atoms with Crippen LogP contribution >= 0.6 is 22.7 Å². The fraction of sp³-hybridized carbons (Fsp3) is 0.0169. The zero-order valence-electron chi connectivity index (χ0n) is 33.6. The summed E-state index contributed by atoms with van der Waals surface area (Å²) in [7, 11) is 0. The molecule has 10 aromatic carbocycles. The second-order valence-electron chi connectivity index (χ2n) is 16.3. The fourth-order valence-corrected chi connectivity index (χ4v) is 12.8. The van der Waals surface area contributed by atoms with E-state index in [1.165, 1.54) is 101 Å². The molecule has 1 nitrogen and oxygen atoms in total. The van der Waals surface area contributed by atoms with Gasteiger partial charge in [-0.05, 0) is 98.4 Å². The Bertz CT molecular complexity index is 3680. The highest BCUT2D eigenvalue weighted by Gasteiger charge is 2.46. The number of thiophene rings is 2. The third-order valence-corrected chi connectivity index (χ3v) is 15.5. The molecule has 1 aliphatic carbocycles. The highest BCUT2D eigenvalue weighted by molar-refractivity contribution is 7.26. The van der Waals surface area contributed by atoms with E-state index in [9.17, 15) is 0 Å².